The maximum atomic E-state index is 9.81. The average molecular weight is 357 g/mol. The first kappa shape index (κ1) is 16.1. The molecule has 1 fully saturated rings. The van der Waals surface area contributed by atoms with Gasteiger partial charge in [-0.1, -0.05) is 0 Å². The van der Waals surface area contributed by atoms with Crippen LogP contribution in [0.15, 0.2) is 60.1 Å². The van der Waals surface area contributed by atoms with Crippen LogP contribution in [0.4, 0.5) is 5.82 Å². The molecule has 3 aromatic heterocycles. The number of nitrogens with zero attached hydrogens (tertiary/aromatic N) is 5. The van der Waals surface area contributed by atoms with Crippen molar-refractivity contribution in [2.24, 2.45) is 4.99 Å². The fourth-order valence-corrected chi connectivity index (χ4v) is 3.69. The smallest absolute Gasteiger partial charge is 0.129 e. The van der Waals surface area contributed by atoms with E-state index in [4.69, 9.17) is 4.99 Å². The van der Waals surface area contributed by atoms with Crippen LogP contribution in [-0.4, -0.2) is 45.0 Å². The number of β-amino-alcohol motifs (C(OH)–C–C–N with tert-alkyl or cyclic N) is 1. The maximum absolute atomic E-state index is 9.81. The van der Waals surface area contributed by atoms with E-state index >= 15 is 0 Å². The van der Waals surface area contributed by atoms with Crippen molar-refractivity contribution in [3.8, 4) is 11.3 Å². The lowest BCUT2D eigenvalue weighted by Gasteiger charge is -2.17. The van der Waals surface area contributed by atoms with E-state index in [1.165, 1.54) is 0 Å². The summed E-state index contributed by atoms with van der Waals surface area (Å²) >= 11 is 0. The van der Waals surface area contributed by atoms with Crippen molar-refractivity contribution in [1.82, 2.24) is 15.0 Å². The van der Waals surface area contributed by atoms with Crippen LogP contribution >= 0.6 is 0 Å². The number of hydrogen-bond donors (Lipinski definition) is 1. The molecular weight excluding hydrogens is 338 g/mol. The molecule has 0 spiro atoms. The second-order valence-electron chi connectivity index (χ2n) is 6.92. The molecule has 3 aromatic rings. The monoisotopic (exact) mass is 357 g/mol. The van der Waals surface area contributed by atoms with Crippen molar-refractivity contribution in [3.05, 3.63) is 71.8 Å². The molecule has 1 atom stereocenters. The minimum atomic E-state index is -0.270. The summed E-state index contributed by atoms with van der Waals surface area (Å²) in [6.45, 7) is 2.11. The van der Waals surface area contributed by atoms with Crippen LogP contribution < -0.4 is 4.90 Å². The Morgan fingerprint density at radius 3 is 2.81 bits per heavy atom. The quantitative estimate of drug-likeness (QED) is 0.779. The maximum Gasteiger partial charge on any atom is 0.129 e. The Morgan fingerprint density at radius 2 is 2.00 bits per heavy atom. The number of aromatic nitrogens is 3. The number of rotatable bonds is 3. The Bertz CT molecular complexity index is 1020. The summed E-state index contributed by atoms with van der Waals surface area (Å²) in [7, 11) is 0. The van der Waals surface area contributed by atoms with Gasteiger partial charge in [0.1, 0.15) is 5.82 Å². The molecule has 0 radical (unpaired) electrons. The standard InChI is InChI=1S/C21H19N5O/c27-17-4-7-26(13-17)20-8-14(3-6-23-20)21-18-9-19(15-2-1-5-22-10-15)24-11-16(18)12-25-21/h1-3,5-6,8-11,17,27H,4,7,12-13H2/t17-/m0/s1. The molecule has 6 nitrogen and oxygen atoms in total. The van der Waals surface area contributed by atoms with Gasteiger partial charge in [-0.25, -0.2) is 4.98 Å². The highest BCUT2D eigenvalue weighted by Gasteiger charge is 2.23. The molecule has 5 rings (SSSR count). The van der Waals surface area contributed by atoms with Gasteiger partial charge in [0.2, 0.25) is 0 Å². The Hall–Kier alpha value is -3.12. The number of aliphatic hydroxyl groups is 1. The third kappa shape index (κ3) is 2.98. The SMILES string of the molecule is O[C@H]1CCN(c2cc(C3=NCc4cnc(-c5cccnc5)cc43)ccn2)C1. The number of aliphatic imine (C=N–C) groups is 1. The first-order chi connectivity index (χ1) is 13.3. The lowest BCUT2D eigenvalue weighted by molar-refractivity contribution is 0.198. The van der Waals surface area contributed by atoms with Crippen LogP contribution in [0, 0.1) is 0 Å². The zero-order chi connectivity index (χ0) is 18.2. The first-order valence-electron chi connectivity index (χ1n) is 9.11. The van der Waals surface area contributed by atoms with E-state index in [1.54, 1.807) is 6.20 Å². The van der Waals surface area contributed by atoms with Gasteiger partial charge in [-0.15, -0.1) is 0 Å². The third-order valence-electron chi connectivity index (χ3n) is 5.11. The van der Waals surface area contributed by atoms with Crippen LogP contribution in [0.5, 0.6) is 0 Å². The van der Waals surface area contributed by atoms with Gasteiger partial charge in [0.25, 0.3) is 0 Å². The predicted octanol–water partition coefficient (Wildman–Crippen LogP) is 2.46. The summed E-state index contributed by atoms with van der Waals surface area (Å²) in [6, 6.07) is 10.1. The second-order valence-corrected chi connectivity index (χ2v) is 6.92. The van der Waals surface area contributed by atoms with E-state index in [-0.39, 0.29) is 6.10 Å². The summed E-state index contributed by atoms with van der Waals surface area (Å²) in [5, 5.41) is 9.81. The van der Waals surface area contributed by atoms with Gasteiger partial charge < -0.3 is 10.0 Å². The second kappa shape index (κ2) is 6.55. The Morgan fingerprint density at radius 1 is 1.04 bits per heavy atom. The summed E-state index contributed by atoms with van der Waals surface area (Å²) in [4.78, 5) is 20.1. The lowest BCUT2D eigenvalue weighted by atomic mass is 10.00. The Kier molecular flexibility index (Phi) is 3.90. The van der Waals surface area contributed by atoms with E-state index in [0.29, 0.717) is 13.1 Å². The molecule has 0 saturated carbocycles. The van der Waals surface area contributed by atoms with Gasteiger partial charge in [0.05, 0.1) is 24.1 Å². The number of anilines is 1. The van der Waals surface area contributed by atoms with Crippen molar-refractivity contribution >= 4 is 11.5 Å². The van der Waals surface area contributed by atoms with Gasteiger partial charge >= 0.3 is 0 Å². The highest BCUT2D eigenvalue weighted by Crippen LogP contribution is 2.28. The normalized spacial score (nSPS) is 18.5. The molecule has 1 N–H and O–H groups in total. The molecule has 134 valence electrons. The van der Waals surface area contributed by atoms with Gasteiger partial charge in [0.15, 0.2) is 0 Å². The van der Waals surface area contributed by atoms with Gasteiger partial charge in [-0.05, 0) is 36.8 Å². The van der Waals surface area contributed by atoms with E-state index in [2.05, 4.69) is 32.0 Å². The predicted molar refractivity (Wildman–Crippen MR) is 104 cm³/mol. The van der Waals surface area contributed by atoms with Crippen LogP contribution in [-0.2, 0) is 6.54 Å². The topological polar surface area (TPSA) is 74.5 Å². The molecule has 1 saturated heterocycles. The van der Waals surface area contributed by atoms with Crippen molar-refractivity contribution in [2.45, 2.75) is 19.1 Å². The summed E-state index contributed by atoms with van der Waals surface area (Å²) in [5.41, 5.74) is 6.15. The van der Waals surface area contributed by atoms with Crippen molar-refractivity contribution in [1.29, 1.82) is 0 Å². The molecule has 0 aliphatic carbocycles. The Labute approximate surface area is 157 Å². The number of hydrogen-bond acceptors (Lipinski definition) is 6. The van der Waals surface area contributed by atoms with Crippen molar-refractivity contribution < 1.29 is 5.11 Å². The largest absolute Gasteiger partial charge is 0.391 e. The van der Waals surface area contributed by atoms with Crippen LogP contribution in [0.2, 0.25) is 0 Å². The van der Waals surface area contributed by atoms with Gasteiger partial charge in [0, 0.05) is 60.1 Å². The fraction of sp³-hybridized carbons (Fsp3) is 0.238. The van der Waals surface area contributed by atoms with E-state index in [9.17, 15) is 5.11 Å². The molecule has 0 bridgehead atoms. The highest BCUT2D eigenvalue weighted by atomic mass is 16.3. The van der Waals surface area contributed by atoms with E-state index in [1.807, 2.05) is 36.8 Å². The Balaban J connectivity index is 1.50. The van der Waals surface area contributed by atoms with Crippen LogP contribution in [0.3, 0.4) is 0 Å². The summed E-state index contributed by atoms with van der Waals surface area (Å²) in [5.74, 6) is 0.890. The lowest BCUT2D eigenvalue weighted by Crippen LogP contribution is -2.22. The average Bonchev–Trinajstić information content (AvgIpc) is 3.34. The first-order valence-corrected chi connectivity index (χ1v) is 9.11. The zero-order valence-electron chi connectivity index (χ0n) is 14.8. The van der Waals surface area contributed by atoms with E-state index in [0.717, 1.165) is 52.4 Å². The van der Waals surface area contributed by atoms with Crippen LogP contribution in [0.1, 0.15) is 23.1 Å². The van der Waals surface area contributed by atoms with Gasteiger partial charge in [-0.3, -0.25) is 15.0 Å². The van der Waals surface area contributed by atoms with Crippen LogP contribution in [0.25, 0.3) is 11.3 Å². The molecule has 6 heteroatoms. The van der Waals surface area contributed by atoms with Crippen molar-refractivity contribution in [3.63, 3.8) is 0 Å². The molecule has 0 unspecified atom stereocenters. The molecule has 2 aliphatic heterocycles. The summed E-state index contributed by atoms with van der Waals surface area (Å²) < 4.78 is 0. The number of aliphatic hydroxyl groups excluding tert-OH is 1. The number of pyridine rings is 3. The summed E-state index contributed by atoms with van der Waals surface area (Å²) in [6.07, 6.45) is 7.83. The minimum Gasteiger partial charge on any atom is -0.391 e. The van der Waals surface area contributed by atoms with Crippen molar-refractivity contribution in [2.75, 3.05) is 18.0 Å². The zero-order valence-corrected chi connectivity index (χ0v) is 14.8. The number of fused-ring (bicyclic) bond motifs is 1. The van der Waals surface area contributed by atoms with Gasteiger partial charge in [-0.2, -0.15) is 0 Å². The molecule has 2 aliphatic rings. The molecule has 27 heavy (non-hydrogen) atoms. The minimum absolute atomic E-state index is 0.270. The molecule has 5 heterocycles. The molecule has 0 amide bonds. The third-order valence-corrected chi connectivity index (χ3v) is 5.11. The van der Waals surface area contributed by atoms with E-state index < -0.39 is 0 Å². The fourth-order valence-electron chi connectivity index (χ4n) is 3.69. The highest BCUT2D eigenvalue weighted by molar-refractivity contribution is 6.15. The molecule has 0 aromatic carbocycles. The molecular formula is C21H19N5O.